The number of phenols is 1. The largest absolute Gasteiger partial charge is 0.508 e. The van der Waals surface area contributed by atoms with Crippen molar-refractivity contribution in [1.29, 1.82) is 0 Å². The summed E-state index contributed by atoms with van der Waals surface area (Å²) in [5.41, 5.74) is 2.70. The second-order valence-electron chi connectivity index (χ2n) is 5.64. The molecule has 20 heavy (non-hydrogen) atoms. The molecule has 1 aromatic rings. The normalized spacial score (nSPS) is 17.9. The molecule has 0 heterocycles. The number of nitrogens with zero attached hydrogens (tertiary/aromatic N) is 1. The van der Waals surface area contributed by atoms with Gasteiger partial charge in [-0.1, -0.05) is 19.9 Å². The first kappa shape index (κ1) is 15.3. The van der Waals surface area contributed by atoms with Crippen LogP contribution in [0.3, 0.4) is 0 Å². The van der Waals surface area contributed by atoms with Gasteiger partial charge < -0.3 is 9.84 Å². The molecular weight excluding hydrogens is 250 g/mol. The summed E-state index contributed by atoms with van der Waals surface area (Å²) in [6, 6.07) is 6.93. The lowest BCUT2D eigenvalue weighted by Gasteiger charge is -2.36. The highest BCUT2D eigenvalue weighted by Gasteiger charge is 2.31. The Morgan fingerprint density at radius 1 is 1.35 bits per heavy atom. The maximum atomic E-state index is 9.63. The van der Waals surface area contributed by atoms with Crippen molar-refractivity contribution < 1.29 is 9.84 Å². The fraction of sp³-hybridized carbons (Fsp3) is 0.647. The van der Waals surface area contributed by atoms with Crippen LogP contribution in [0.15, 0.2) is 18.2 Å². The zero-order valence-electron chi connectivity index (χ0n) is 12.9. The molecule has 0 bridgehead atoms. The number of hydrogen-bond donors (Lipinski definition) is 1. The molecule has 3 heteroatoms. The molecule has 1 N–H and O–H groups in total. The Kier molecular flexibility index (Phi) is 5.44. The van der Waals surface area contributed by atoms with Crippen molar-refractivity contribution in [1.82, 2.24) is 4.90 Å². The van der Waals surface area contributed by atoms with Crippen molar-refractivity contribution in [3.05, 3.63) is 29.3 Å². The molecule has 0 aliphatic heterocycles. The van der Waals surface area contributed by atoms with Gasteiger partial charge in [0.05, 0.1) is 6.61 Å². The average molecular weight is 277 g/mol. The molecule has 1 aromatic carbocycles. The first-order valence-corrected chi connectivity index (χ1v) is 7.77. The highest BCUT2D eigenvalue weighted by Crippen LogP contribution is 2.38. The smallest absolute Gasteiger partial charge is 0.115 e. The second kappa shape index (κ2) is 7.09. The molecule has 0 amide bonds. The number of benzene rings is 1. The van der Waals surface area contributed by atoms with Gasteiger partial charge in [-0.25, -0.2) is 0 Å². The molecule has 1 unspecified atom stereocenters. The van der Waals surface area contributed by atoms with Crippen LogP contribution in [0.1, 0.15) is 50.3 Å². The molecule has 1 aliphatic carbocycles. The summed E-state index contributed by atoms with van der Waals surface area (Å²) in [4.78, 5) is 2.60. The van der Waals surface area contributed by atoms with Crippen molar-refractivity contribution in [2.45, 2.75) is 51.6 Å². The zero-order chi connectivity index (χ0) is 14.5. The first-order valence-electron chi connectivity index (χ1n) is 7.77. The predicted octanol–water partition coefficient (Wildman–Crippen LogP) is 3.52. The number of ether oxygens (including phenoxy) is 1. The van der Waals surface area contributed by atoms with E-state index in [2.05, 4.69) is 24.8 Å². The van der Waals surface area contributed by atoms with E-state index in [1.54, 1.807) is 7.11 Å². The Hall–Kier alpha value is -1.06. The van der Waals surface area contributed by atoms with Gasteiger partial charge in [0.1, 0.15) is 5.75 Å². The first-order chi connectivity index (χ1) is 9.71. The third kappa shape index (κ3) is 3.15. The van der Waals surface area contributed by atoms with Gasteiger partial charge in [-0.3, -0.25) is 4.90 Å². The van der Waals surface area contributed by atoms with Gasteiger partial charge in [-0.05, 0) is 48.9 Å². The van der Waals surface area contributed by atoms with E-state index >= 15 is 0 Å². The summed E-state index contributed by atoms with van der Waals surface area (Å²) in [6.45, 7) is 6.29. The molecule has 112 valence electrons. The molecule has 0 spiro atoms. The molecule has 0 fully saturated rings. The highest BCUT2D eigenvalue weighted by atomic mass is 16.5. The number of aryl methyl sites for hydroxylation is 1. The van der Waals surface area contributed by atoms with E-state index in [1.807, 2.05) is 12.1 Å². The fourth-order valence-corrected chi connectivity index (χ4v) is 3.47. The van der Waals surface area contributed by atoms with Crippen molar-refractivity contribution in [2.24, 2.45) is 0 Å². The SMILES string of the molecule is CCC(CC)N(CCOC)C1CCc2cc(O)ccc21. The average Bonchev–Trinajstić information content (AvgIpc) is 2.86. The Balaban J connectivity index is 2.22. The quantitative estimate of drug-likeness (QED) is 0.827. The van der Waals surface area contributed by atoms with Crippen LogP contribution in [-0.4, -0.2) is 36.3 Å². The van der Waals surface area contributed by atoms with E-state index in [0.29, 0.717) is 17.8 Å². The second-order valence-corrected chi connectivity index (χ2v) is 5.64. The maximum Gasteiger partial charge on any atom is 0.115 e. The van der Waals surface area contributed by atoms with Crippen LogP contribution in [0.25, 0.3) is 0 Å². The van der Waals surface area contributed by atoms with Crippen LogP contribution < -0.4 is 0 Å². The highest BCUT2D eigenvalue weighted by molar-refractivity contribution is 5.40. The monoisotopic (exact) mass is 277 g/mol. The van der Waals surface area contributed by atoms with Crippen molar-refractivity contribution >= 4 is 0 Å². The topological polar surface area (TPSA) is 32.7 Å². The van der Waals surface area contributed by atoms with E-state index in [4.69, 9.17) is 4.74 Å². The number of fused-ring (bicyclic) bond motifs is 1. The van der Waals surface area contributed by atoms with Crippen molar-refractivity contribution in [3.8, 4) is 5.75 Å². The minimum atomic E-state index is 0.385. The van der Waals surface area contributed by atoms with Gasteiger partial charge in [0.25, 0.3) is 0 Å². The molecule has 0 saturated carbocycles. The van der Waals surface area contributed by atoms with E-state index < -0.39 is 0 Å². The number of aromatic hydroxyl groups is 1. The number of phenolic OH excluding ortho intramolecular Hbond substituents is 1. The van der Waals surface area contributed by atoms with Crippen LogP contribution >= 0.6 is 0 Å². The van der Waals surface area contributed by atoms with Gasteiger partial charge in [0.15, 0.2) is 0 Å². The Morgan fingerprint density at radius 3 is 2.75 bits per heavy atom. The third-order valence-corrected chi connectivity index (χ3v) is 4.54. The molecule has 0 radical (unpaired) electrons. The summed E-state index contributed by atoms with van der Waals surface area (Å²) in [6.07, 6.45) is 4.56. The van der Waals surface area contributed by atoms with E-state index in [0.717, 1.165) is 26.0 Å². The third-order valence-electron chi connectivity index (χ3n) is 4.54. The van der Waals surface area contributed by atoms with Gasteiger partial charge in [0.2, 0.25) is 0 Å². The molecule has 0 aromatic heterocycles. The summed E-state index contributed by atoms with van der Waals surface area (Å²) < 4.78 is 5.30. The predicted molar refractivity (Wildman–Crippen MR) is 82.1 cm³/mol. The standard InChI is InChI=1S/C17H27NO2/c1-4-14(5-2)18(10-11-20-3)17-9-6-13-12-15(19)7-8-16(13)17/h7-8,12,14,17,19H,4-6,9-11H2,1-3H3. The molecule has 2 rings (SSSR count). The number of hydrogen-bond acceptors (Lipinski definition) is 3. The Labute approximate surface area is 122 Å². The molecule has 1 aliphatic rings. The summed E-state index contributed by atoms with van der Waals surface area (Å²) in [5.74, 6) is 0.385. The Morgan fingerprint density at radius 2 is 2.10 bits per heavy atom. The van der Waals surface area contributed by atoms with Crippen LogP contribution in [0.5, 0.6) is 5.75 Å². The lowest BCUT2D eigenvalue weighted by atomic mass is 10.0. The molecular formula is C17H27NO2. The van der Waals surface area contributed by atoms with Crippen molar-refractivity contribution in [2.75, 3.05) is 20.3 Å². The van der Waals surface area contributed by atoms with Crippen LogP contribution in [0, 0.1) is 0 Å². The minimum Gasteiger partial charge on any atom is -0.508 e. The number of methoxy groups -OCH3 is 1. The summed E-state index contributed by atoms with van der Waals surface area (Å²) in [7, 11) is 1.77. The van der Waals surface area contributed by atoms with Gasteiger partial charge in [0, 0.05) is 25.7 Å². The lowest BCUT2D eigenvalue weighted by molar-refractivity contribution is 0.0792. The lowest BCUT2D eigenvalue weighted by Crippen LogP contribution is -2.39. The van der Waals surface area contributed by atoms with Gasteiger partial charge in [-0.2, -0.15) is 0 Å². The minimum absolute atomic E-state index is 0.385. The Bertz CT molecular complexity index is 429. The molecule has 1 atom stereocenters. The van der Waals surface area contributed by atoms with Crippen LogP contribution in [0.2, 0.25) is 0 Å². The van der Waals surface area contributed by atoms with Crippen LogP contribution in [0.4, 0.5) is 0 Å². The van der Waals surface area contributed by atoms with E-state index in [-0.39, 0.29) is 0 Å². The summed E-state index contributed by atoms with van der Waals surface area (Å²) in [5, 5.41) is 9.63. The fourth-order valence-electron chi connectivity index (χ4n) is 3.47. The van der Waals surface area contributed by atoms with E-state index in [9.17, 15) is 5.11 Å². The van der Waals surface area contributed by atoms with E-state index in [1.165, 1.54) is 24.0 Å². The zero-order valence-corrected chi connectivity index (χ0v) is 12.9. The maximum absolute atomic E-state index is 9.63. The van der Waals surface area contributed by atoms with Crippen molar-refractivity contribution in [3.63, 3.8) is 0 Å². The molecule has 3 nitrogen and oxygen atoms in total. The number of rotatable bonds is 7. The van der Waals surface area contributed by atoms with Crippen LogP contribution in [-0.2, 0) is 11.2 Å². The summed E-state index contributed by atoms with van der Waals surface area (Å²) >= 11 is 0. The molecule has 0 saturated heterocycles. The van der Waals surface area contributed by atoms with Gasteiger partial charge >= 0.3 is 0 Å². The van der Waals surface area contributed by atoms with Gasteiger partial charge in [-0.15, -0.1) is 0 Å².